The van der Waals surface area contributed by atoms with Gasteiger partial charge < -0.3 is 0 Å². The van der Waals surface area contributed by atoms with E-state index in [4.69, 9.17) is 0 Å². The van der Waals surface area contributed by atoms with Crippen LogP contribution in [0.4, 0.5) is 0 Å². The minimum atomic E-state index is 1.10. The van der Waals surface area contributed by atoms with Crippen molar-refractivity contribution >= 4 is 8.58 Å². The van der Waals surface area contributed by atoms with Crippen LogP contribution in [-0.4, -0.2) is 11.8 Å². The molecular weight excluding hydrogens is 211 g/mol. The second-order valence-corrected chi connectivity index (χ2v) is 7.14. The molecule has 0 aliphatic heterocycles. The van der Waals surface area contributed by atoms with Gasteiger partial charge in [-0.3, -0.25) is 0 Å². The molecule has 0 spiro atoms. The topological polar surface area (TPSA) is 0 Å². The van der Waals surface area contributed by atoms with Gasteiger partial charge in [-0.1, -0.05) is 71.1 Å². The summed E-state index contributed by atoms with van der Waals surface area (Å²) in [6.07, 6.45) is 19.5. The average Bonchev–Trinajstić information content (AvgIpc) is 2.28. The summed E-state index contributed by atoms with van der Waals surface area (Å²) in [6.45, 7) is 2.34. The first kappa shape index (κ1) is 14.5. The molecule has 1 heteroatoms. The van der Waals surface area contributed by atoms with Crippen LogP contribution in [-0.2, 0) is 0 Å². The van der Waals surface area contributed by atoms with Gasteiger partial charge in [0.2, 0.25) is 0 Å². The van der Waals surface area contributed by atoms with E-state index in [1.165, 1.54) is 79.0 Å². The molecule has 96 valence electrons. The molecule has 1 saturated carbocycles. The van der Waals surface area contributed by atoms with Gasteiger partial charge in [0, 0.05) is 0 Å². The third-order valence-corrected chi connectivity index (χ3v) is 5.73. The van der Waals surface area contributed by atoms with Crippen molar-refractivity contribution < 1.29 is 0 Å². The number of hydrogen-bond donors (Lipinski definition) is 0. The van der Waals surface area contributed by atoms with E-state index in [0.29, 0.717) is 0 Å². The standard InChI is InChI=1S/C15H31P/c1-2-14-16-15-12-10-8-6-4-3-5-7-9-11-13-15/h15-16H,2-14H2,1H3. The Hall–Kier alpha value is 0.430. The Labute approximate surface area is 105 Å². The van der Waals surface area contributed by atoms with Crippen molar-refractivity contribution in [3.63, 3.8) is 0 Å². The van der Waals surface area contributed by atoms with Crippen molar-refractivity contribution in [2.45, 2.75) is 89.6 Å². The predicted molar refractivity (Wildman–Crippen MR) is 78.0 cm³/mol. The molecule has 1 rings (SSSR count). The van der Waals surface area contributed by atoms with E-state index in [0.717, 1.165) is 5.66 Å². The van der Waals surface area contributed by atoms with Crippen LogP contribution in [0.1, 0.15) is 84.0 Å². The van der Waals surface area contributed by atoms with Crippen LogP contribution in [0.5, 0.6) is 0 Å². The van der Waals surface area contributed by atoms with Gasteiger partial charge in [-0.05, 0) is 24.7 Å². The van der Waals surface area contributed by atoms with Gasteiger partial charge in [-0.15, -0.1) is 8.58 Å². The minimum Gasteiger partial charge on any atom is -0.119 e. The van der Waals surface area contributed by atoms with Crippen LogP contribution in [0.2, 0.25) is 0 Å². The summed E-state index contributed by atoms with van der Waals surface area (Å²) in [4.78, 5) is 0. The Kier molecular flexibility index (Phi) is 9.58. The second kappa shape index (κ2) is 10.6. The number of rotatable bonds is 3. The normalized spacial score (nSPS) is 23.1. The van der Waals surface area contributed by atoms with Crippen LogP contribution < -0.4 is 0 Å². The van der Waals surface area contributed by atoms with E-state index in [-0.39, 0.29) is 0 Å². The van der Waals surface area contributed by atoms with E-state index >= 15 is 0 Å². The van der Waals surface area contributed by atoms with Crippen LogP contribution in [0.15, 0.2) is 0 Å². The smallest absolute Gasteiger partial charge is 0.0237 e. The highest BCUT2D eigenvalue weighted by molar-refractivity contribution is 7.38. The van der Waals surface area contributed by atoms with E-state index in [1.807, 2.05) is 0 Å². The van der Waals surface area contributed by atoms with E-state index in [1.54, 1.807) is 12.8 Å². The van der Waals surface area contributed by atoms with Crippen LogP contribution in [0.3, 0.4) is 0 Å². The zero-order valence-electron chi connectivity index (χ0n) is 11.3. The van der Waals surface area contributed by atoms with E-state index < -0.39 is 0 Å². The van der Waals surface area contributed by atoms with Gasteiger partial charge in [0.1, 0.15) is 0 Å². The highest BCUT2D eigenvalue weighted by atomic mass is 31.1. The zero-order valence-corrected chi connectivity index (χ0v) is 12.3. The van der Waals surface area contributed by atoms with E-state index in [9.17, 15) is 0 Å². The Bertz CT molecular complexity index is 132. The molecule has 0 radical (unpaired) electrons. The van der Waals surface area contributed by atoms with Crippen molar-refractivity contribution in [2.24, 2.45) is 0 Å². The van der Waals surface area contributed by atoms with Gasteiger partial charge in [0.25, 0.3) is 0 Å². The second-order valence-electron chi connectivity index (χ2n) is 5.41. The SMILES string of the molecule is CCCPC1CCCCCCCCCCC1. The number of hydrogen-bond acceptors (Lipinski definition) is 0. The van der Waals surface area contributed by atoms with Crippen LogP contribution in [0.25, 0.3) is 0 Å². The largest absolute Gasteiger partial charge is 0.119 e. The molecule has 0 saturated heterocycles. The fourth-order valence-corrected chi connectivity index (χ4v) is 4.23. The molecule has 0 aromatic rings. The lowest BCUT2D eigenvalue weighted by Crippen LogP contribution is -2.02. The minimum absolute atomic E-state index is 1.10. The van der Waals surface area contributed by atoms with Crippen molar-refractivity contribution in [1.82, 2.24) is 0 Å². The molecule has 16 heavy (non-hydrogen) atoms. The molecule has 0 aromatic carbocycles. The molecule has 0 N–H and O–H groups in total. The Morgan fingerprint density at radius 2 is 1.19 bits per heavy atom. The highest BCUT2D eigenvalue weighted by Gasteiger charge is 2.08. The first-order valence-electron chi connectivity index (χ1n) is 7.67. The van der Waals surface area contributed by atoms with Crippen molar-refractivity contribution in [2.75, 3.05) is 6.16 Å². The molecule has 0 nitrogen and oxygen atoms in total. The summed E-state index contributed by atoms with van der Waals surface area (Å²) < 4.78 is 0. The summed E-state index contributed by atoms with van der Waals surface area (Å²) in [5.41, 5.74) is 1.10. The lowest BCUT2D eigenvalue weighted by molar-refractivity contribution is 0.508. The molecule has 1 fully saturated rings. The molecule has 1 aliphatic rings. The monoisotopic (exact) mass is 242 g/mol. The van der Waals surface area contributed by atoms with Crippen molar-refractivity contribution in [3.8, 4) is 0 Å². The Morgan fingerprint density at radius 3 is 1.62 bits per heavy atom. The summed E-state index contributed by atoms with van der Waals surface area (Å²) in [5.74, 6) is 0. The van der Waals surface area contributed by atoms with Gasteiger partial charge >= 0.3 is 0 Å². The molecule has 1 aliphatic carbocycles. The summed E-state index contributed by atoms with van der Waals surface area (Å²) in [5, 5.41) is 0. The van der Waals surface area contributed by atoms with Gasteiger partial charge in [0.05, 0.1) is 0 Å². The van der Waals surface area contributed by atoms with Gasteiger partial charge in [-0.25, -0.2) is 0 Å². The Balaban J connectivity index is 2.19. The van der Waals surface area contributed by atoms with Crippen molar-refractivity contribution in [1.29, 1.82) is 0 Å². The van der Waals surface area contributed by atoms with Gasteiger partial charge in [-0.2, -0.15) is 0 Å². The third kappa shape index (κ3) is 7.66. The maximum Gasteiger partial charge on any atom is -0.0237 e. The molecule has 1 atom stereocenters. The van der Waals surface area contributed by atoms with Crippen LogP contribution >= 0.6 is 8.58 Å². The fraction of sp³-hybridized carbons (Fsp3) is 1.00. The quantitative estimate of drug-likeness (QED) is 0.553. The highest BCUT2D eigenvalue weighted by Crippen LogP contribution is 2.30. The molecule has 0 aromatic heterocycles. The van der Waals surface area contributed by atoms with Gasteiger partial charge in [0.15, 0.2) is 0 Å². The average molecular weight is 242 g/mol. The fourth-order valence-electron chi connectivity index (χ4n) is 2.72. The third-order valence-electron chi connectivity index (χ3n) is 3.79. The molecule has 0 heterocycles. The first-order chi connectivity index (χ1) is 7.93. The molecule has 1 unspecified atom stereocenters. The molecule has 0 amide bonds. The van der Waals surface area contributed by atoms with Crippen molar-refractivity contribution in [3.05, 3.63) is 0 Å². The Morgan fingerprint density at radius 1 is 0.750 bits per heavy atom. The predicted octanol–water partition coefficient (Wildman–Crippen LogP) is 5.75. The summed E-state index contributed by atoms with van der Waals surface area (Å²) >= 11 is 0. The lowest BCUT2D eigenvalue weighted by atomic mass is 10.0. The summed E-state index contributed by atoms with van der Waals surface area (Å²) in [6, 6.07) is 0. The lowest BCUT2D eigenvalue weighted by Gasteiger charge is -2.17. The summed E-state index contributed by atoms with van der Waals surface area (Å²) in [7, 11) is 1.26. The maximum atomic E-state index is 2.34. The van der Waals surface area contributed by atoms with E-state index in [2.05, 4.69) is 6.92 Å². The maximum absolute atomic E-state index is 2.34. The molecular formula is C15H31P. The first-order valence-corrected chi connectivity index (χ1v) is 8.95. The van der Waals surface area contributed by atoms with Crippen LogP contribution in [0, 0.1) is 0 Å². The zero-order chi connectivity index (χ0) is 11.5. The molecule has 0 bridgehead atoms.